The van der Waals surface area contributed by atoms with E-state index >= 15 is 0 Å². The molecule has 1 aromatic carbocycles. The summed E-state index contributed by atoms with van der Waals surface area (Å²) in [5.74, 6) is 0.230. The maximum absolute atomic E-state index is 12.2. The zero-order valence-electron chi connectivity index (χ0n) is 21.0. The molecule has 1 aliphatic carbocycles. The number of nitrogens with one attached hydrogen (secondary N) is 1. The van der Waals surface area contributed by atoms with E-state index in [0.717, 1.165) is 24.2 Å². The van der Waals surface area contributed by atoms with Gasteiger partial charge in [-0.1, -0.05) is 23.4 Å². The van der Waals surface area contributed by atoms with Crippen molar-refractivity contribution in [2.75, 3.05) is 26.1 Å². The van der Waals surface area contributed by atoms with Crippen molar-refractivity contribution in [1.82, 2.24) is 29.9 Å². The molecule has 1 atom stereocenters. The van der Waals surface area contributed by atoms with Crippen molar-refractivity contribution in [3.05, 3.63) is 71.7 Å². The van der Waals surface area contributed by atoms with Gasteiger partial charge in [0, 0.05) is 19.8 Å². The van der Waals surface area contributed by atoms with Gasteiger partial charge in [-0.25, -0.2) is 14.6 Å². The number of hydrogen-bond acceptors (Lipinski definition) is 9. The van der Waals surface area contributed by atoms with Crippen LogP contribution in [-0.2, 0) is 20.8 Å². The third-order valence-corrected chi connectivity index (χ3v) is 6.09. The molecule has 38 heavy (non-hydrogen) atoms. The van der Waals surface area contributed by atoms with Crippen LogP contribution in [0.2, 0.25) is 0 Å². The minimum Gasteiger partial charge on any atom is -0.375 e. The predicted molar refractivity (Wildman–Crippen MR) is 138 cm³/mol. The Hall–Kier alpha value is -4.53. The second-order valence-corrected chi connectivity index (χ2v) is 8.98. The van der Waals surface area contributed by atoms with E-state index in [-0.39, 0.29) is 18.7 Å². The molecule has 1 amide bonds. The molecule has 1 N–H and O–H groups in total. The number of nitrogens with zero attached hydrogens (tertiary/aromatic N) is 7. The molecular formula is C27H26N8O3. The van der Waals surface area contributed by atoms with Gasteiger partial charge in [-0.2, -0.15) is 5.26 Å². The van der Waals surface area contributed by atoms with Crippen LogP contribution in [0.15, 0.2) is 54.7 Å². The predicted octanol–water partition coefficient (Wildman–Crippen LogP) is 3.40. The van der Waals surface area contributed by atoms with E-state index in [4.69, 9.17) is 14.5 Å². The van der Waals surface area contributed by atoms with Crippen molar-refractivity contribution in [1.29, 1.82) is 5.26 Å². The fourth-order valence-corrected chi connectivity index (χ4v) is 4.18. The first-order valence-corrected chi connectivity index (χ1v) is 12.1. The summed E-state index contributed by atoms with van der Waals surface area (Å²) in [7, 11) is 3.15. The first-order valence-electron chi connectivity index (χ1n) is 12.1. The van der Waals surface area contributed by atoms with E-state index in [1.165, 1.54) is 7.11 Å². The van der Waals surface area contributed by atoms with E-state index in [9.17, 15) is 10.1 Å². The van der Waals surface area contributed by atoms with Crippen molar-refractivity contribution in [2.24, 2.45) is 5.92 Å². The lowest BCUT2D eigenvalue weighted by molar-refractivity contribution is -0.119. The Kier molecular flexibility index (Phi) is 7.44. The fourth-order valence-electron chi connectivity index (χ4n) is 4.18. The molecule has 1 saturated carbocycles. The molecule has 5 rings (SSSR count). The van der Waals surface area contributed by atoms with Crippen LogP contribution in [0, 0.1) is 17.2 Å². The first-order chi connectivity index (χ1) is 18.6. The second kappa shape index (κ2) is 11.2. The van der Waals surface area contributed by atoms with E-state index in [0.29, 0.717) is 40.7 Å². The van der Waals surface area contributed by atoms with Gasteiger partial charge in [0.05, 0.1) is 47.1 Å². The number of pyridine rings is 1. The first kappa shape index (κ1) is 25.1. The van der Waals surface area contributed by atoms with Crippen molar-refractivity contribution in [2.45, 2.75) is 25.5 Å². The molecule has 0 bridgehead atoms. The Morgan fingerprint density at radius 3 is 2.68 bits per heavy atom. The second-order valence-electron chi connectivity index (χ2n) is 8.98. The highest BCUT2D eigenvalue weighted by Crippen LogP contribution is 2.42. The number of hydrogen-bond donors (Lipinski definition) is 1. The maximum Gasteiger partial charge on any atom is 0.252 e. The molecule has 1 aliphatic rings. The van der Waals surface area contributed by atoms with Crippen LogP contribution in [-0.4, -0.2) is 56.7 Å². The number of benzene rings is 1. The molecule has 3 heterocycles. The van der Waals surface area contributed by atoms with Crippen LogP contribution in [0.25, 0.3) is 22.6 Å². The van der Waals surface area contributed by atoms with Crippen molar-refractivity contribution >= 4 is 11.9 Å². The summed E-state index contributed by atoms with van der Waals surface area (Å²) >= 11 is 0. The molecule has 11 nitrogen and oxygen atoms in total. The fraction of sp³-hybridized carbons (Fsp3) is 0.296. The highest BCUT2D eigenvalue weighted by Gasteiger charge is 2.33. The van der Waals surface area contributed by atoms with Crippen LogP contribution in [0.4, 0.5) is 5.95 Å². The van der Waals surface area contributed by atoms with Crippen molar-refractivity contribution in [3.63, 3.8) is 0 Å². The lowest BCUT2D eigenvalue weighted by Gasteiger charge is -2.14. The smallest absolute Gasteiger partial charge is 0.252 e. The molecule has 1 unspecified atom stereocenters. The van der Waals surface area contributed by atoms with E-state index in [1.54, 1.807) is 42.3 Å². The van der Waals surface area contributed by atoms with Gasteiger partial charge in [0.25, 0.3) is 5.91 Å². The van der Waals surface area contributed by atoms with Crippen LogP contribution in [0.5, 0.6) is 0 Å². The van der Waals surface area contributed by atoms with Gasteiger partial charge in [0.1, 0.15) is 18.4 Å². The Balaban J connectivity index is 1.43. The van der Waals surface area contributed by atoms with Gasteiger partial charge in [0.15, 0.2) is 0 Å². The highest BCUT2D eigenvalue weighted by atomic mass is 16.5. The molecule has 0 aliphatic heterocycles. The molecule has 4 aromatic rings. The maximum atomic E-state index is 12.2. The Bertz CT molecular complexity index is 1490. The van der Waals surface area contributed by atoms with Gasteiger partial charge >= 0.3 is 0 Å². The monoisotopic (exact) mass is 510 g/mol. The average Bonchev–Trinajstić information content (AvgIpc) is 3.66. The lowest BCUT2D eigenvalue weighted by Crippen LogP contribution is -2.19. The lowest BCUT2D eigenvalue weighted by atomic mass is 10.1. The Morgan fingerprint density at radius 2 is 1.92 bits per heavy atom. The summed E-state index contributed by atoms with van der Waals surface area (Å²) in [5.41, 5.74) is 4.43. The third kappa shape index (κ3) is 5.88. The van der Waals surface area contributed by atoms with Gasteiger partial charge in [0.2, 0.25) is 5.95 Å². The topological polar surface area (TPSA) is 141 Å². The molecule has 11 heteroatoms. The van der Waals surface area contributed by atoms with Crippen molar-refractivity contribution < 1.29 is 14.3 Å². The van der Waals surface area contributed by atoms with Crippen molar-refractivity contribution in [3.8, 4) is 28.7 Å². The number of carbonyl (C=O) groups is 1. The van der Waals surface area contributed by atoms with Gasteiger partial charge in [-0.15, -0.1) is 5.10 Å². The zero-order chi connectivity index (χ0) is 26.5. The summed E-state index contributed by atoms with van der Waals surface area (Å²) in [6, 6.07) is 16.8. The summed E-state index contributed by atoms with van der Waals surface area (Å²) in [6.07, 6.45) is 4.09. The quantitative estimate of drug-likeness (QED) is 0.340. The molecule has 3 aromatic heterocycles. The number of aromatic nitrogens is 6. The Morgan fingerprint density at radius 1 is 1.11 bits per heavy atom. The SMILES string of the molecule is COCC(=O)Nc1nc(-c2cccc(C#N)c2)cc(-c2cn(Cc3cccc(C(OC)C4CC4)n3)nn2)n1. The number of rotatable bonds is 10. The summed E-state index contributed by atoms with van der Waals surface area (Å²) in [5, 5.41) is 20.5. The van der Waals surface area contributed by atoms with Gasteiger partial charge < -0.3 is 9.47 Å². The number of ether oxygens (including phenoxy) is 2. The van der Waals surface area contributed by atoms with E-state index in [1.807, 2.05) is 24.3 Å². The summed E-state index contributed by atoms with van der Waals surface area (Å²) in [4.78, 5) is 25.9. The average molecular weight is 511 g/mol. The third-order valence-electron chi connectivity index (χ3n) is 6.09. The Labute approximate surface area is 219 Å². The number of methoxy groups -OCH3 is 2. The minimum atomic E-state index is -0.392. The molecule has 0 saturated heterocycles. The number of nitriles is 1. The number of carbonyl (C=O) groups excluding carboxylic acids is 1. The normalized spacial score (nSPS) is 13.6. The number of anilines is 1. The molecule has 192 valence electrons. The van der Waals surface area contributed by atoms with Crippen LogP contribution < -0.4 is 5.32 Å². The zero-order valence-corrected chi connectivity index (χ0v) is 21.0. The van der Waals surface area contributed by atoms with Crippen LogP contribution >= 0.6 is 0 Å². The molecule has 0 radical (unpaired) electrons. The molecular weight excluding hydrogens is 484 g/mol. The largest absolute Gasteiger partial charge is 0.375 e. The van der Waals surface area contributed by atoms with Gasteiger partial charge in [-0.05, 0) is 49.1 Å². The molecule has 1 fully saturated rings. The van der Waals surface area contributed by atoms with Crippen LogP contribution in [0.3, 0.4) is 0 Å². The van der Waals surface area contributed by atoms with E-state index < -0.39 is 5.91 Å². The highest BCUT2D eigenvalue weighted by molar-refractivity contribution is 5.90. The van der Waals surface area contributed by atoms with E-state index in [2.05, 4.69) is 31.7 Å². The standard InChI is InChI=1S/C27H26N8O3/c1-37-16-25(36)32-27-30-22(19-6-3-5-17(11-19)13-28)12-23(31-27)24-15-35(34-33-24)14-20-7-4-8-21(29-20)26(38-2)18-9-10-18/h3-8,11-12,15,18,26H,9-10,14,16H2,1-2H3,(H,30,31,32,36). The minimum absolute atomic E-state index is 0.00646. The number of amides is 1. The van der Waals surface area contributed by atoms with Crippen LogP contribution in [0.1, 0.15) is 35.9 Å². The van der Waals surface area contributed by atoms with Gasteiger partial charge in [-0.3, -0.25) is 15.1 Å². The molecule has 0 spiro atoms. The summed E-state index contributed by atoms with van der Waals surface area (Å²) < 4.78 is 12.3. The summed E-state index contributed by atoms with van der Waals surface area (Å²) in [6.45, 7) is 0.279.